The molecule has 0 aliphatic heterocycles. The van der Waals surface area contributed by atoms with E-state index in [1.165, 1.54) is 14.9 Å². The molecule has 4 aromatic rings. The van der Waals surface area contributed by atoms with E-state index in [9.17, 15) is 9.59 Å². The van der Waals surface area contributed by atoms with Crippen LogP contribution in [0.15, 0.2) is 33.2 Å². The van der Waals surface area contributed by atoms with Crippen LogP contribution < -0.4 is 0 Å². The first-order valence-corrected chi connectivity index (χ1v) is 14.6. The van der Waals surface area contributed by atoms with E-state index in [1.54, 1.807) is 19.7 Å². The second-order valence-corrected chi connectivity index (χ2v) is 14.7. The van der Waals surface area contributed by atoms with Crippen molar-refractivity contribution in [1.29, 1.82) is 0 Å². The van der Waals surface area contributed by atoms with Crippen molar-refractivity contribution in [2.75, 3.05) is 0 Å². The van der Waals surface area contributed by atoms with Gasteiger partial charge in [-0.1, -0.05) is 0 Å². The summed E-state index contributed by atoms with van der Waals surface area (Å²) < 4.78 is 10.3. The summed E-state index contributed by atoms with van der Waals surface area (Å²) in [6.45, 7) is 0. The van der Waals surface area contributed by atoms with Crippen LogP contribution in [0.5, 0.6) is 0 Å². The van der Waals surface area contributed by atoms with Crippen LogP contribution >= 0.6 is 11.3 Å². The molecule has 0 fully saturated rings. The summed E-state index contributed by atoms with van der Waals surface area (Å²) in [6, 6.07) is 6.44. The summed E-state index contributed by atoms with van der Waals surface area (Å²) >= 11 is 0.728. The minimum atomic E-state index is -0.392. The fourth-order valence-electron chi connectivity index (χ4n) is 2.67. The van der Waals surface area contributed by atoms with E-state index in [2.05, 4.69) is 16.2 Å². The van der Waals surface area contributed by atoms with Gasteiger partial charge in [0.05, 0.1) is 0 Å². The molecule has 0 saturated heterocycles. The van der Waals surface area contributed by atoms with E-state index in [1.807, 2.05) is 11.5 Å². The molecular weight excluding hydrogens is 639 g/mol. The quantitative estimate of drug-likeness (QED) is 0.182. The zero-order valence-electron chi connectivity index (χ0n) is 10.9. The monoisotopic (exact) mass is 652 g/mol. The summed E-state index contributed by atoms with van der Waals surface area (Å²) in [6.07, 6.45) is 1.91. The SMILES string of the molecule is O=C1/C(=C\c2cc3[te]c4cc[te]c4c3[te]2)C(=O)c2sccc21. The summed E-state index contributed by atoms with van der Waals surface area (Å²) in [5.74, 6) is -0.141. The van der Waals surface area contributed by atoms with Crippen molar-refractivity contribution in [2.24, 2.45) is 0 Å². The van der Waals surface area contributed by atoms with Crippen molar-refractivity contribution in [3.05, 3.63) is 47.3 Å². The van der Waals surface area contributed by atoms with Crippen LogP contribution in [0, 0.1) is 0 Å². The number of carbonyl (C=O) groups excluding carboxylic acids is 2. The number of ketones is 2. The third-order valence-electron chi connectivity index (χ3n) is 3.66. The van der Waals surface area contributed by atoms with Gasteiger partial charge in [-0.05, 0) is 0 Å². The van der Waals surface area contributed by atoms with E-state index in [0.717, 1.165) is 0 Å². The van der Waals surface area contributed by atoms with Crippen LogP contribution in [0.2, 0.25) is 0 Å². The van der Waals surface area contributed by atoms with Gasteiger partial charge in [-0.3, -0.25) is 0 Å². The zero-order valence-corrected chi connectivity index (χ0v) is 18.7. The third-order valence-corrected chi connectivity index (χ3v) is 17.3. The number of carbonyl (C=O) groups is 2. The normalized spacial score (nSPS) is 16.5. The van der Waals surface area contributed by atoms with E-state index in [0.29, 0.717) is 16.0 Å². The molecule has 0 radical (unpaired) electrons. The molecule has 0 aromatic carbocycles. The van der Waals surface area contributed by atoms with E-state index in [-0.39, 0.29) is 52.4 Å². The van der Waals surface area contributed by atoms with Crippen LogP contribution in [-0.4, -0.2) is 72.9 Å². The number of Topliss-reactive ketones (excluding diaryl/α,β-unsaturated/α-hetero) is 2. The number of hydrogen-bond donors (Lipinski definition) is 0. The first kappa shape index (κ1) is 14.5. The standard InChI is InChI=1S/C16H6O2STe3/c17-12-8-1-3-19-14(8)13(18)9(12)5-7-6-11-16(21-7)15-10(22-11)2-4-20-15/h1-6H/b9-5+. The third kappa shape index (κ3) is 2.03. The van der Waals surface area contributed by atoms with Crippen molar-refractivity contribution < 1.29 is 9.59 Å². The summed E-state index contributed by atoms with van der Waals surface area (Å²) in [5, 5.41) is 1.83. The van der Waals surface area contributed by atoms with E-state index in [4.69, 9.17) is 0 Å². The number of thiophene rings is 1. The average molecular weight is 645 g/mol. The molecule has 6 heteroatoms. The molecule has 0 amide bonds. The van der Waals surface area contributed by atoms with Gasteiger partial charge in [-0.15, -0.1) is 0 Å². The number of fused-ring (bicyclic) bond motifs is 4. The van der Waals surface area contributed by atoms with Gasteiger partial charge in [0, 0.05) is 0 Å². The molecule has 0 N–H and O–H groups in total. The Kier molecular flexibility index (Phi) is 3.49. The maximum atomic E-state index is 12.4. The molecule has 0 saturated carbocycles. The molecule has 4 aromatic heterocycles. The van der Waals surface area contributed by atoms with Gasteiger partial charge >= 0.3 is 161 Å². The summed E-state index contributed by atoms with van der Waals surface area (Å²) in [5.41, 5.74) is 1.00. The number of rotatable bonds is 1. The Morgan fingerprint density at radius 3 is 2.77 bits per heavy atom. The first-order chi connectivity index (χ1) is 10.7. The molecule has 0 bridgehead atoms. The van der Waals surface area contributed by atoms with Gasteiger partial charge in [-0.2, -0.15) is 0 Å². The molecule has 1 aliphatic rings. The molecule has 0 unspecified atom stereocenters. The van der Waals surface area contributed by atoms with Gasteiger partial charge in [0.2, 0.25) is 0 Å². The van der Waals surface area contributed by atoms with Gasteiger partial charge in [-0.25, -0.2) is 0 Å². The van der Waals surface area contributed by atoms with Crippen LogP contribution in [0.1, 0.15) is 23.6 Å². The maximum absolute atomic E-state index is 12.4. The van der Waals surface area contributed by atoms with Crippen LogP contribution in [-0.2, 0) is 0 Å². The van der Waals surface area contributed by atoms with Crippen molar-refractivity contribution in [3.63, 3.8) is 0 Å². The van der Waals surface area contributed by atoms with Crippen molar-refractivity contribution in [3.8, 4) is 0 Å². The first-order valence-electron chi connectivity index (χ1n) is 6.50. The molecule has 106 valence electrons. The predicted molar refractivity (Wildman–Crippen MR) is 93.2 cm³/mol. The van der Waals surface area contributed by atoms with Gasteiger partial charge < -0.3 is 0 Å². The summed E-state index contributed by atoms with van der Waals surface area (Å²) in [7, 11) is 0. The number of hydrogen-bond acceptors (Lipinski definition) is 3. The van der Waals surface area contributed by atoms with Gasteiger partial charge in [0.15, 0.2) is 0 Å². The average Bonchev–Trinajstić information content (AvgIpc) is 3.24. The molecule has 22 heavy (non-hydrogen) atoms. The molecule has 4 heterocycles. The molecule has 2 nitrogen and oxygen atoms in total. The summed E-state index contributed by atoms with van der Waals surface area (Å²) in [4.78, 5) is 25.4. The topological polar surface area (TPSA) is 34.1 Å². The van der Waals surface area contributed by atoms with Gasteiger partial charge in [0.25, 0.3) is 0 Å². The van der Waals surface area contributed by atoms with Crippen LogP contribution in [0.3, 0.4) is 0 Å². The van der Waals surface area contributed by atoms with Crippen LogP contribution in [0.4, 0.5) is 0 Å². The second-order valence-electron chi connectivity index (χ2n) is 4.94. The molecule has 1 aliphatic carbocycles. The van der Waals surface area contributed by atoms with E-state index < -0.39 is 20.4 Å². The Morgan fingerprint density at radius 1 is 1.00 bits per heavy atom. The Labute approximate surface area is 158 Å². The fraction of sp³-hybridized carbons (Fsp3) is 0. The Bertz CT molecular complexity index is 1090. The van der Waals surface area contributed by atoms with Gasteiger partial charge in [0.1, 0.15) is 0 Å². The Hall–Kier alpha value is 0.109. The zero-order chi connectivity index (χ0) is 14.8. The van der Waals surface area contributed by atoms with Crippen molar-refractivity contribution in [1.82, 2.24) is 0 Å². The molecular formula is C16H6O2STe3. The Morgan fingerprint density at radius 2 is 1.91 bits per heavy atom. The molecule has 5 rings (SSSR count). The predicted octanol–water partition coefficient (Wildman–Crippen LogP) is 2.69. The van der Waals surface area contributed by atoms with E-state index >= 15 is 0 Å². The minimum absolute atomic E-state index is 0.0666. The van der Waals surface area contributed by atoms with Crippen LogP contribution in [0.25, 0.3) is 19.7 Å². The van der Waals surface area contributed by atoms with Crippen molar-refractivity contribution >= 4 is 104 Å². The fourth-order valence-corrected chi connectivity index (χ4v) is 18.9. The molecule has 0 spiro atoms. The Balaban J connectivity index is 1.66. The second kappa shape index (κ2) is 5.31. The van der Waals surface area contributed by atoms with Crippen molar-refractivity contribution in [2.45, 2.75) is 0 Å². The number of allylic oxidation sites excluding steroid dienone is 1. The molecule has 0 atom stereocenters.